The summed E-state index contributed by atoms with van der Waals surface area (Å²) in [6, 6.07) is 2.13. The average Bonchev–Trinajstić information content (AvgIpc) is 2.88. The summed E-state index contributed by atoms with van der Waals surface area (Å²) in [4.78, 5) is -0.178. The van der Waals surface area contributed by atoms with Gasteiger partial charge in [-0.05, 0) is 30.9 Å². The van der Waals surface area contributed by atoms with E-state index in [1.165, 1.54) is 17.5 Å². The van der Waals surface area contributed by atoms with Crippen LogP contribution in [0.1, 0.15) is 12.8 Å². The first-order valence-corrected chi connectivity index (χ1v) is 8.08. The first kappa shape index (κ1) is 16.0. The largest absolute Gasteiger partial charge is 0.492 e. The number of anilines is 1. The maximum absolute atomic E-state index is 13.8. The Hall–Kier alpha value is -1.38. The summed E-state index contributed by atoms with van der Waals surface area (Å²) in [5.41, 5.74) is 5.57. The number of nitrogens with two attached hydrogens (primary N) is 1. The number of methoxy groups -OCH3 is 1. The van der Waals surface area contributed by atoms with Gasteiger partial charge in [0.2, 0.25) is 10.0 Å². The molecule has 0 amide bonds. The van der Waals surface area contributed by atoms with E-state index in [4.69, 9.17) is 15.6 Å². The number of hydrogen-bond donors (Lipinski definition) is 2. The molecule has 1 saturated heterocycles. The third-order valence-corrected chi connectivity index (χ3v) is 5.52. The van der Waals surface area contributed by atoms with Gasteiger partial charge >= 0.3 is 0 Å². The number of nitrogens with zero attached hydrogens (tertiary/aromatic N) is 1. The zero-order valence-corrected chi connectivity index (χ0v) is 12.6. The van der Waals surface area contributed by atoms with E-state index in [2.05, 4.69) is 0 Å². The summed E-state index contributed by atoms with van der Waals surface area (Å²) in [5, 5.41) is 8.92. The van der Waals surface area contributed by atoms with Crippen LogP contribution < -0.4 is 10.5 Å². The molecule has 1 aliphatic rings. The van der Waals surface area contributed by atoms with Crippen LogP contribution in [0.15, 0.2) is 17.0 Å². The highest BCUT2D eigenvalue weighted by molar-refractivity contribution is 7.89. The molecule has 1 aliphatic heterocycles. The van der Waals surface area contributed by atoms with Gasteiger partial charge in [0, 0.05) is 19.7 Å². The summed E-state index contributed by atoms with van der Waals surface area (Å²) >= 11 is 0. The summed E-state index contributed by atoms with van der Waals surface area (Å²) in [7, 11) is -2.52. The minimum Gasteiger partial charge on any atom is -0.492 e. The molecule has 1 aromatic carbocycles. The van der Waals surface area contributed by atoms with Crippen LogP contribution in [0.5, 0.6) is 5.75 Å². The van der Waals surface area contributed by atoms with Crippen molar-refractivity contribution in [2.24, 2.45) is 5.92 Å². The van der Waals surface area contributed by atoms with Crippen molar-refractivity contribution in [3.8, 4) is 5.75 Å². The van der Waals surface area contributed by atoms with Gasteiger partial charge in [0.05, 0.1) is 17.7 Å². The van der Waals surface area contributed by atoms with Gasteiger partial charge in [-0.15, -0.1) is 0 Å². The van der Waals surface area contributed by atoms with Crippen LogP contribution in [0.25, 0.3) is 0 Å². The van der Waals surface area contributed by atoms with Gasteiger partial charge in [0.25, 0.3) is 0 Å². The summed E-state index contributed by atoms with van der Waals surface area (Å²) < 4.78 is 44.9. The molecule has 1 aromatic rings. The Morgan fingerprint density at radius 3 is 2.81 bits per heavy atom. The number of nitrogen functional groups attached to an aromatic ring is 1. The fourth-order valence-electron chi connectivity index (χ4n) is 2.54. The van der Waals surface area contributed by atoms with Crippen molar-refractivity contribution < 1.29 is 22.7 Å². The highest BCUT2D eigenvalue weighted by Gasteiger charge is 2.33. The van der Waals surface area contributed by atoms with E-state index in [0.717, 1.165) is 6.07 Å². The molecular weight excluding hydrogens is 299 g/mol. The second-order valence-corrected chi connectivity index (χ2v) is 7.00. The van der Waals surface area contributed by atoms with Crippen molar-refractivity contribution in [2.75, 3.05) is 32.5 Å². The molecule has 0 radical (unpaired) electrons. The van der Waals surface area contributed by atoms with Crippen LogP contribution in [-0.4, -0.2) is 44.6 Å². The third-order valence-electron chi connectivity index (χ3n) is 3.67. The molecule has 8 heteroatoms. The molecule has 1 unspecified atom stereocenters. The lowest BCUT2D eigenvalue weighted by molar-refractivity contribution is 0.259. The number of aliphatic hydroxyl groups excluding tert-OH is 1. The average molecular weight is 318 g/mol. The van der Waals surface area contributed by atoms with Gasteiger partial charge in [0.1, 0.15) is 0 Å². The topological polar surface area (TPSA) is 92.9 Å². The highest BCUT2D eigenvalue weighted by Crippen LogP contribution is 2.32. The molecule has 1 heterocycles. The monoisotopic (exact) mass is 318 g/mol. The van der Waals surface area contributed by atoms with Crippen LogP contribution in [0.4, 0.5) is 10.1 Å². The number of aliphatic hydroxyl groups is 1. The summed E-state index contributed by atoms with van der Waals surface area (Å²) in [6.07, 6.45) is 1.25. The van der Waals surface area contributed by atoms with Crippen LogP contribution in [-0.2, 0) is 10.0 Å². The molecule has 0 bridgehead atoms. The Morgan fingerprint density at radius 2 is 2.24 bits per heavy atom. The quantitative estimate of drug-likeness (QED) is 0.784. The Kier molecular flexibility index (Phi) is 4.70. The molecule has 1 fully saturated rings. The van der Waals surface area contributed by atoms with Gasteiger partial charge < -0.3 is 15.6 Å². The van der Waals surface area contributed by atoms with Crippen molar-refractivity contribution in [3.05, 3.63) is 17.9 Å². The molecule has 0 spiro atoms. The van der Waals surface area contributed by atoms with E-state index in [1.54, 1.807) is 0 Å². The predicted molar refractivity (Wildman–Crippen MR) is 75.9 cm³/mol. The van der Waals surface area contributed by atoms with E-state index in [9.17, 15) is 12.8 Å². The lowest BCUT2D eigenvalue weighted by atomic mass is 10.1. The van der Waals surface area contributed by atoms with Crippen molar-refractivity contribution in [1.29, 1.82) is 0 Å². The number of sulfonamides is 1. The Labute approximate surface area is 123 Å². The number of rotatable bonds is 5. The van der Waals surface area contributed by atoms with Gasteiger partial charge in [-0.25, -0.2) is 12.8 Å². The number of ether oxygens (including phenoxy) is 1. The first-order chi connectivity index (χ1) is 9.90. The lowest BCUT2D eigenvalue weighted by Gasteiger charge is -2.17. The minimum atomic E-state index is -3.78. The van der Waals surface area contributed by atoms with E-state index < -0.39 is 15.8 Å². The summed E-state index contributed by atoms with van der Waals surface area (Å²) in [6.45, 7) is 0.722. The maximum Gasteiger partial charge on any atom is 0.243 e. The van der Waals surface area contributed by atoms with E-state index >= 15 is 0 Å². The van der Waals surface area contributed by atoms with Gasteiger partial charge in [0.15, 0.2) is 11.6 Å². The molecule has 2 rings (SSSR count). The number of halogens is 1. The van der Waals surface area contributed by atoms with E-state index in [0.29, 0.717) is 25.9 Å². The van der Waals surface area contributed by atoms with Crippen molar-refractivity contribution >= 4 is 15.7 Å². The Bertz CT molecular complexity index is 598. The molecule has 0 aliphatic carbocycles. The standard InChI is InChI=1S/C13H19FN2O4S/c1-20-13-11(14)6-10(7-12(13)15)21(18,19)16-4-2-9(8-16)3-5-17/h6-7,9,17H,2-5,8,15H2,1H3. The Balaban J connectivity index is 2.29. The summed E-state index contributed by atoms with van der Waals surface area (Å²) in [5.74, 6) is -0.832. The van der Waals surface area contributed by atoms with Gasteiger partial charge in [-0.1, -0.05) is 0 Å². The normalized spacial score (nSPS) is 19.9. The smallest absolute Gasteiger partial charge is 0.243 e. The second-order valence-electron chi connectivity index (χ2n) is 5.06. The third kappa shape index (κ3) is 3.12. The maximum atomic E-state index is 13.8. The molecule has 118 valence electrons. The van der Waals surface area contributed by atoms with Crippen molar-refractivity contribution in [1.82, 2.24) is 4.31 Å². The van der Waals surface area contributed by atoms with Crippen molar-refractivity contribution in [3.63, 3.8) is 0 Å². The van der Waals surface area contributed by atoms with Crippen LogP contribution in [0.3, 0.4) is 0 Å². The van der Waals surface area contributed by atoms with Crippen LogP contribution in [0, 0.1) is 11.7 Å². The van der Waals surface area contributed by atoms with E-state index in [1.807, 2.05) is 0 Å². The lowest BCUT2D eigenvalue weighted by Crippen LogP contribution is -2.29. The SMILES string of the molecule is COc1c(N)cc(S(=O)(=O)N2CCC(CCO)C2)cc1F. The van der Waals surface area contributed by atoms with Crippen molar-refractivity contribution in [2.45, 2.75) is 17.7 Å². The van der Waals surface area contributed by atoms with Crippen LogP contribution in [0.2, 0.25) is 0 Å². The fraction of sp³-hybridized carbons (Fsp3) is 0.538. The molecule has 6 nitrogen and oxygen atoms in total. The number of benzene rings is 1. The van der Waals surface area contributed by atoms with Crippen LogP contribution >= 0.6 is 0 Å². The predicted octanol–water partition coefficient (Wildman–Crippen LogP) is 0.809. The molecule has 3 N–H and O–H groups in total. The Morgan fingerprint density at radius 1 is 1.52 bits per heavy atom. The molecule has 21 heavy (non-hydrogen) atoms. The first-order valence-electron chi connectivity index (χ1n) is 6.64. The molecule has 1 atom stereocenters. The molecule has 0 aromatic heterocycles. The fourth-order valence-corrected chi connectivity index (χ4v) is 4.12. The zero-order chi connectivity index (χ0) is 15.6. The minimum absolute atomic E-state index is 0.0304. The van der Waals surface area contributed by atoms with E-state index in [-0.39, 0.29) is 28.9 Å². The van der Waals surface area contributed by atoms with Gasteiger partial charge in [-0.2, -0.15) is 4.31 Å². The molecular formula is C13H19FN2O4S. The van der Waals surface area contributed by atoms with Gasteiger partial charge in [-0.3, -0.25) is 0 Å². The number of hydrogen-bond acceptors (Lipinski definition) is 5. The zero-order valence-electron chi connectivity index (χ0n) is 11.8. The molecule has 0 saturated carbocycles. The highest BCUT2D eigenvalue weighted by atomic mass is 32.2. The second kappa shape index (κ2) is 6.17.